The van der Waals surface area contributed by atoms with Crippen molar-refractivity contribution in [2.24, 2.45) is 0 Å². The molecule has 0 amide bonds. The van der Waals surface area contributed by atoms with Crippen molar-refractivity contribution in [3.8, 4) is 5.75 Å². The summed E-state index contributed by atoms with van der Waals surface area (Å²) in [7, 11) is 0. The van der Waals surface area contributed by atoms with Gasteiger partial charge in [0.1, 0.15) is 5.75 Å². The van der Waals surface area contributed by atoms with Crippen molar-refractivity contribution >= 4 is 5.97 Å². The monoisotopic (exact) mass is 246 g/mol. The molecule has 0 atom stereocenters. The van der Waals surface area contributed by atoms with Crippen molar-refractivity contribution in [2.75, 3.05) is 0 Å². The van der Waals surface area contributed by atoms with E-state index in [1.807, 2.05) is 0 Å². The van der Waals surface area contributed by atoms with Crippen LogP contribution in [0, 0.1) is 0 Å². The molecule has 0 bridgehead atoms. The van der Waals surface area contributed by atoms with Gasteiger partial charge in [0.2, 0.25) is 0 Å². The number of ether oxygens (including phenoxy) is 1. The van der Waals surface area contributed by atoms with Gasteiger partial charge < -0.3 is 4.74 Å². The summed E-state index contributed by atoms with van der Waals surface area (Å²) in [5, 5.41) is 0. The SMILES string of the molecule is CC(=O)Oc1cc(C(C)C)cc(C(F)(F)F)c1. The normalized spacial score (nSPS) is 11.7. The van der Waals surface area contributed by atoms with Crippen LogP contribution < -0.4 is 4.74 Å². The van der Waals surface area contributed by atoms with Gasteiger partial charge in [-0.05, 0) is 29.7 Å². The maximum Gasteiger partial charge on any atom is 0.416 e. The van der Waals surface area contributed by atoms with Crippen molar-refractivity contribution in [3.05, 3.63) is 29.3 Å². The van der Waals surface area contributed by atoms with E-state index in [0.29, 0.717) is 5.56 Å². The summed E-state index contributed by atoms with van der Waals surface area (Å²) in [4.78, 5) is 10.8. The first-order valence-corrected chi connectivity index (χ1v) is 5.10. The van der Waals surface area contributed by atoms with Crippen molar-refractivity contribution < 1.29 is 22.7 Å². The molecule has 0 aliphatic carbocycles. The first-order valence-electron chi connectivity index (χ1n) is 5.10. The fraction of sp³-hybridized carbons (Fsp3) is 0.417. The van der Waals surface area contributed by atoms with E-state index >= 15 is 0 Å². The lowest BCUT2D eigenvalue weighted by Gasteiger charge is -2.13. The molecule has 94 valence electrons. The Kier molecular flexibility index (Phi) is 3.80. The first kappa shape index (κ1) is 13.5. The summed E-state index contributed by atoms with van der Waals surface area (Å²) in [5.74, 6) is -0.790. The Morgan fingerprint density at radius 2 is 1.82 bits per heavy atom. The van der Waals surface area contributed by atoms with E-state index in [1.165, 1.54) is 6.07 Å². The smallest absolute Gasteiger partial charge is 0.416 e. The van der Waals surface area contributed by atoms with E-state index in [9.17, 15) is 18.0 Å². The Labute approximate surface area is 97.4 Å². The third-order valence-corrected chi connectivity index (χ3v) is 2.18. The molecule has 0 unspecified atom stereocenters. The number of carbonyl (C=O) groups excluding carboxylic acids is 1. The van der Waals surface area contributed by atoms with E-state index in [2.05, 4.69) is 0 Å². The predicted octanol–water partition coefficient (Wildman–Crippen LogP) is 3.75. The highest BCUT2D eigenvalue weighted by atomic mass is 19.4. The predicted molar refractivity (Wildman–Crippen MR) is 56.8 cm³/mol. The second-order valence-electron chi connectivity index (χ2n) is 4.04. The Morgan fingerprint density at radius 1 is 1.24 bits per heavy atom. The minimum absolute atomic E-state index is 0.0731. The van der Waals surface area contributed by atoms with Crippen LogP contribution in [0.1, 0.15) is 37.8 Å². The summed E-state index contributed by atoms with van der Waals surface area (Å²) in [6.45, 7) is 4.69. The largest absolute Gasteiger partial charge is 0.427 e. The molecule has 0 aromatic heterocycles. The highest BCUT2D eigenvalue weighted by Gasteiger charge is 2.31. The van der Waals surface area contributed by atoms with E-state index < -0.39 is 17.7 Å². The summed E-state index contributed by atoms with van der Waals surface area (Å²) in [5.41, 5.74) is -0.323. The number of carbonyl (C=O) groups is 1. The Balaban J connectivity index is 3.23. The summed E-state index contributed by atoms with van der Waals surface area (Å²) in [6.07, 6.45) is -4.44. The first-order chi connectivity index (χ1) is 7.70. The Morgan fingerprint density at radius 3 is 2.24 bits per heavy atom. The average molecular weight is 246 g/mol. The lowest BCUT2D eigenvalue weighted by Crippen LogP contribution is -2.08. The van der Waals surface area contributed by atoms with E-state index in [-0.39, 0.29) is 11.7 Å². The molecule has 0 saturated carbocycles. The van der Waals surface area contributed by atoms with Gasteiger partial charge in [-0.15, -0.1) is 0 Å². The van der Waals surface area contributed by atoms with E-state index in [1.54, 1.807) is 13.8 Å². The summed E-state index contributed by atoms with van der Waals surface area (Å²) < 4.78 is 42.5. The zero-order valence-electron chi connectivity index (χ0n) is 9.76. The maximum absolute atomic E-state index is 12.6. The van der Waals surface area contributed by atoms with Gasteiger partial charge in [-0.1, -0.05) is 13.8 Å². The molecule has 17 heavy (non-hydrogen) atoms. The van der Waals surface area contributed by atoms with Gasteiger partial charge in [-0.25, -0.2) is 0 Å². The van der Waals surface area contributed by atoms with Gasteiger partial charge in [0.15, 0.2) is 0 Å². The van der Waals surface area contributed by atoms with Gasteiger partial charge in [-0.3, -0.25) is 4.79 Å². The zero-order valence-corrected chi connectivity index (χ0v) is 9.76. The van der Waals surface area contributed by atoms with Crippen molar-refractivity contribution in [2.45, 2.75) is 32.9 Å². The van der Waals surface area contributed by atoms with Crippen LogP contribution in [0.4, 0.5) is 13.2 Å². The van der Waals surface area contributed by atoms with Crippen LogP contribution in [-0.4, -0.2) is 5.97 Å². The van der Waals surface area contributed by atoms with Crippen LogP contribution in [0.15, 0.2) is 18.2 Å². The minimum Gasteiger partial charge on any atom is -0.427 e. The highest BCUT2D eigenvalue weighted by Crippen LogP contribution is 2.34. The fourth-order valence-electron chi connectivity index (χ4n) is 1.34. The lowest BCUT2D eigenvalue weighted by molar-refractivity contribution is -0.138. The molecule has 0 fully saturated rings. The van der Waals surface area contributed by atoms with Crippen LogP contribution >= 0.6 is 0 Å². The van der Waals surface area contributed by atoms with Gasteiger partial charge in [0, 0.05) is 6.92 Å². The molecule has 0 aliphatic heterocycles. The van der Waals surface area contributed by atoms with Crippen molar-refractivity contribution in [1.82, 2.24) is 0 Å². The van der Waals surface area contributed by atoms with Crippen LogP contribution in [0.2, 0.25) is 0 Å². The van der Waals surface area contributed by atoms with Crippen LogP contribution in [0.25, 0.3) is 0 Å². The Hall–Kier alpha value is -1.52. The molecule has 1 aromatic carbocycles. The van der Waals surface area contributed by atoms with E-state index in [0.717, 1.165) is 19.1 Å². The number of hydrogen-bond acceptors (Lipinski definition) is 2. The van der Waals surface area contributed by atoms with Crippen LogP contribution in [0.3, 0.4) is 0 Å². The van der Waals surface area contributed by atoms with Gasteiger partial charge >= 0.3 is 12.1 Å². The number of hydrogen-bond donors (Lipinski definition) is 0. The molecule has 1 rings (SSSR count). The van der Waals surface area contributed by atoms with Gasteiger partial charge in [-0.2, -0.15) is 13.2 Å². The number of benzene rings is 1. The molecule has 1 aromatic rings. The number of rotatable bonds is 2. The molecule has 0 N–H and O–H groups in total. The molecule has 0 heterocycles. The molecule has 0 spiro atoms. The number of esters is 1. The summed E-state index contributed by atoms with van der Waals surface area (Å²) >= 11 is 0. The molecule has 5 heteroatoms. The van der Waals surface area contributed by atoms with Crippen molar-refractivity contribution in [3.63, 3.8) is 0 Å². The lowest BCUT2D eigenvalue weighted by atomic mass is 10.00. The molecule has 0 radical (unpaired) electrons. The summed E-state index contributed by atoms with van der Waals surface area (Å²) in [6, 6.07) is 3.34. The zero-order chi connectivity index (χ0) is 13.2. The number of halogens is 3. The van der Waals surface area contributed by atoms with Crippen molar-refractivity contribution in [1.29, 1.82) is 0 Å². The van der Waals surface area contributed by atoms with Gasteiger partial charge in [0.25, 0.3) is 0 Å². The second-order valence-corrected chi connectivity index (χ2v) is 4.04. The molecular weight excluding hydrogens is 233 g/mol. The number of alkyl halides is 3. The third kappa shape index (κ3) is 3.76. The molecule has 2 nitrogen and oxygen atoms in total. The maximum atomic E-state index is 12.6. The van der Waals surface area contributed by atoms with Gasteiger partial charge in [0.05, 0.1) is 5.56 Å². The standard InChI is InChI=1S/C12H13F3O2/c1-7(2)9-4-10(12(13,14)15)6-11(5-9)17-8(3)16/h4-7H,1-3H3. The quantitative estimate of drug-likeness (QED) is 0.586. The fourth-order valence-corrected chi connectivity index (χ4v) is 1.34. The average Bonchev–Trinajstić information content (AvgIpc) is 2.14. The van der Waals surface area contributed by atoms with E-state index in [4.69, 9.17) is 4.74 Å². The second kappa shape index (κ2) is 4.77. The van der Waals surface area contributed by atoms with Crippen LogP contribution in [-0.2, 0) is 11.0 Å². The Bertz CT molecular complexity index is 422. The molecular formula is C12H13F3O2. The molecule has 0 saturated heterocycles. The third-order valence-electron chi connectivity index (χ3n) is 2.18. The highest BCUT2D eigenvalue weighted by molar-refractivity contribution is 5.69. The molecule has 0 aliphatic rings. The minimum atomic E-state index is -4.44. The van der Waals surface area contributed by atoms with Crippen LogP contribution in [0.5, 0.6) is 5.75 Å². The topological polar surface area (TPSA) is 26.3 Å².